The van der Waals surface area contributed by atoms with Crippen LogP contribution >= 0.6 is 11.6 Å². The summed E-state index contributed by atoms with van der Waals surface area (Å²) in [6.07, 6.45) is 3.32. The Morgan fingerprint density at radius 2 is 2.08 bits per heavy atom. The number of hydrogen-bond acceptors (Lipinski definition) is 3. The van der Waals surface area contributed by atoms with Gasteiger partial charge in [-0.05, 0) is 49.2 Å². The van der Waals surface area contributed by atoms with Crippen LogP contribution in [0.15, 0.2) is 47.1 Å². The molecule has 5 nitrogen and oxygen atoms in total. The Morgan fingerprint density at radius 1 is 1.28 bits per heavy atom. The Labute approximate surface area is 150 Å². The van der Waals surface area contributed by atoms with Crippen LogP contribution in [0.4, 0.5) is 0 Å². The van der Waals surface area contributed by atoms with Gasteiger partial charge in [-0.3, -0.25) is 9.59 Å². The Balaban J connectivity index is 1.34. The van der Waals surface area contributed by atoms with E-state index in [2.05, 4.69) is 5.32 Å². The fourth-order valence-electron chi connectivity index (χ4n) is 3.72. The van der Waals surface area contributed by atoms with E-state index in [1.807, 2.05) is 11.0 Å². The van der Waals surface area contributed by atoms with Crippen LogP contribution in [-0.4, -0.2) is 29.8 Å². The molecule has 2 fully saturated rings. The summed E-state index contributed by atoms with van der Waals surface area (Å²) in [5, 5.41) is 3.55. The van der Waals surface area contributed by atoms with Gasteiger partial charge < -0.3 is 14.6 Å². The lowest BCUT2D eigenvalue weighted by Gasteiger charge is -2.17. The van der Waals surface area contributed by atoms with Crippen LogP contribution < -0.4 is 5.32 Å². The van der Waals surface area contributed by atoms with Gasteiger partial charge in [0.15, 0.2) is 0 Å². The topological polar surface area (TPSA) is 62.6 Å². The van der Waals surface area contributed by atoms with E-state index < -0.39 is 0 Å². The summed E-state index contributed by atoms with van der Waals surface area (Å²) in [6.45, 7) is 1.75. The van der Waals surface area contributed by atoms with E-state index in [0.717, 1.165) is 18.6 Å². The maximum absolute atomic E-state index is 12.6. The third-order valence-electron chi connectivity index (χ3n) is 5.29. The largest absolute Gasteiger partial charge is 0.467 e. The van der Waals surface area contributed by atoms with E-state index in [1.165, 1.54) is 0 Å². The number of benzene rings is 1. The smallest absolute Gasteiger partial charge is 0.253 e. The molecule has 0 radical (unpaired) electrons. The molecule has 130 valence electrons. The summed E-state index contributed by atoms with van der Waals surface area (Å²) in [5.74, 6) is 0.798. The summed E-state index contributed by atoms with van der Waals surface area (Å²) in [7, 11) is 0. The molecule has 25 heavy (non-hydrogen) atoms. The lowest BCUT2D eigenvalue weighted by molar-refractivity contribution is -0.123. The highest BCUT2D eigenvalue weighted by Crippen LogP contribution is 2.58. The van der Waals surface area contributed by atoms with E-state index in [-0.39, 0.29) is 23.1 Å². The van der Waals surface area contributed by atoms with Crippen LogP contribution in [0.2, 0.25) is 5.02 Å². The van der Waals surface area contributed by atoms with Crippen molar-refractivity contribution >= 4 is 23.4 Å². The second kappa shape index (κ2) is 6.23. The Hall–Kier alpha value is -2.27. The minimum atomic E-state index is -0.0463. The van der Waals surface area contributed by atoms with Crippen molar-refractivity contribution in [1.29, 1.82) is 0 Å². The lowest BCUT2D eigenvalue weighted by Crippen LogP contribution is -2.31. The second-order valence-electron chi connectivity index (χ2n) is 6.90. The molecule has 2 aliphatic rings. The summed E-state index contributed by atoms with van der Waals surface area (Å²) >= 11 is 5.88. The van der Waals surface area contributed by atoms with Crippen LogP contribution in [0.3, 0.4) is 0 Å². The second-order valence-corrected chi connectivity index (χ2v) is 7.34. The quantitative estimate of drug-likeness (QED) is 0.913. The van der Waals surface area contributed by atoms with Gasteiger partial charge >= 0.3 is 0 Å². The van der Waals surface area contributed by atoms with Crippen molar-refractivity contribution < 1.29 is 14.0 Å². The molecule has 1 aromatic heterocycles. The van der Waals surface area contributed by atoms with E-state index >= 15 is 0 Å². The monoisotopic (exact) mass is 358 g/mol. The van der Waals surface area contributed by atoms with Crippen molar-refractivity contribution in [2.45, 2.75) is 19.4 Å². The SMILES string of the molecule is O=C(NCc1ccco1)C1CC12CCN(C(=O)c1ccc(Cl)cc1)C2. The standard InChI is InChI=1S/C19H19ClN2O3/c20-14-5-3-13(4-6-14)18(24)22-8-7-19(12-22)10-16(19)17(23)21-11-15-2-1-9-25-15/h1-6,9,16H,7-8,10-12H2,(H,21,23). The number of halogens is 1. The highest BCUT2D eigenvalue weighted by atomic mass is 35.5. The number of carbonyl (C=O) groups excluding carboxylic acids is 2. The molecule has 6 heteroatoms. The van der Waals surface area contributed by atoms with Crippen molar-refractivity contribution in [2.75, 3.05) is 13.1 Å². The molecular weight excluding hydrogens is 340 g/mol. The molecule has 1 saturated heterocycles. The minimum absolute atomic E-state index is 0.00881. The van der Waals surface area contributed by atoms with E-state index in [4.69, 9.17) is 16.0 Å². The fraction of sp³-hybridized carbons (Fsp3) is 0.368. The molecule has 2 unspecified atom stereocenters. The normalized spacial score (nSPS) is 24.5. The first kappa shape index (κ1) is 16.2. The molecule has 1 aromatic carbocycles. The van der Waals surface area contributed by atoms with E-state index in [9.17, 15) is 9.59 Å². The molecule has 0 bridgehead atoms. The first-order valence-electron chi connectivity index (χ1n) is 8.42. The number of carbonyl (C=O) groups is 2. The third kappa shape index (κ3) is 3.16. The highest BCUT2D eigenvalue weighted by Gasteiger charge is 2.61. The van der Waals surface area contributed by atoms with Crippen LogP contribution in [0, 0.1) is 11.3 Å². The van der Waals surface area contributed by atoms with Crippen molar-refractivity contribution in [2.24, 2.45) is 11.3 Å². The van der Waals surface area contributed by atoms with Crippen LogP contribution in [0.1, 0.15) is 29.0 Å². The molecule has 4 rings (SSSR count). The summed E-state index contributed by atoms with van der Waals surface area (Å²) < 4.78 is 5.23. The van der Waals surface area contributed by atoms with Gasteiger partial charge in [-0.2, -0.15) is 0 Å². The zero-order chi connectivity index (χ0) is 17.4. The molecule has 1 aliphatic carbocycles. The lowest BCUT2D eigenvalue weighted by atomic mass is 10.0. The maximum Gasteiger partial charge on any atom is 0.253 e. The van der Waals surface area contributed by atoms with Gasteiger partial charge in [0.2, 0.25) is 5.91 Å². The maximum atomic E-state index is 12.6. The number of nitrogens with one attached hydrogen (secondary N) is 1. The summed E-state index contributed by atoms with van der Waals surface area (Å²) in [6, 6.07) is 10.6. The predicted molar refractivity (Wildman–Crippen MR) is 93.1 cm³/mol. The number of hydrogen-bond donors (Lipinski definition) is 1. The van der Waals surface area contributed by atoms with Gasteiger partial charge in [-0.25, -0.2) is 0 Å². The highest BCUT2D eigenvalue weighted by molar-refractivity contribution is 6.30. The predicted octanol–water partition coefficient (Wildman–Crippen LogP) is 3.10. The van der Waals surface area contributed by atoms with Crippen LogP contribution in [0.5, 0.6) is 0 Å². The Morgan fingerprint density at radius 3 is 2.80 bits per heavy atom. The first-order chi connectivity index (χ1) is 12.1. The van der Waals surface area contributed by atoms with Gasteiger partial charge in [-0.1, -0.05) is 11.6 Å². The molecule has 1 N–H and O–H groups in total. The fourth-order valence-corrected chi connectivity index (χ4v) is 3.85. The van der Waals surface area contributed by atoms with Crippen molar-refractivity contribution in [3.63, 3.8) is 0 Å². The van der Waals surface area contributed by atoms with Crippen molar-refractivity contribution in [3.05, 3.63) is 59.0 Å². The van der Waals surface area contributed by atoms with Gasteiger partial charge in [-0.15, -0.1) is 0 Å². The number of nitrogens with zero attached hydrogens (tertiary/aromatic N) is 1. The average molecular weight is 359 g/mol. The van der Waals surface area contributed by atoms with Gasteiger partial charge in [0, 0.05) is 35.0 Å². The number of furan rings is 1. The third-order valence-corrected chi connectivity index (χ3v) is 5.54. The van der Waals surface area contributed by atoms with Gasteiger partial charge in [0.1, 0.15) is 5.76 Å². The number of likely N-dealkylation sites (tertiary alicyclic amines) is 1. The molecule has 2 amide bonds. The van der Waals surface area contributed by atoms with Gasteiger partial charge in [0.25, 0.3) is 5.91 Å². The van der Waals surface area contributed by atoms with Crippen molar-refractivity contribution in [1.82, 2.24) is 10.2 Å². The van der Waals surface area contributed by atoms with Crippen LogP contribution in [0.25, 0.3) is 0 Å². The van der Waals surface area contributed by atoms with Crippen LogP contribution in [-0.2, 0) is 11.3 Å². The zero-order valence-corrected chi connectivity index (χ0v) is 14.5. The number of rotatable bonds is 4. The summed E-state index contributed by atoms with van der Waals surface area (Å²) in [5.41, 5.74) is 0.593. The Bertz CT molecular complexity index is 788. The molecular formula is C19H19ClN2O3. The number of amides is 2. The van der Waals surface area contributed by atoms with E-state index in [0.29, 0.717) is 30.2 Å². The minimum Gasteiger partial charge on any atom is -0.467 e. The Kier molecular flexibility index (Phi) is 4.04. The molecule has 1 aliphatic heterocycles. The summed E-state index contributed by atoms with van der Waals surface area (Å²) in [4.78, 5) is 26.8. The zero-order valence-electron chi connectivity index (χ0n) is 13.7. The molecule has 1 spiro atoms. The molecule has 1 saturated carbocycles. The van der Waals surface area contributed by atoms with Gasteiger partial charge in [0.05, 0.1) is 12.8 Å². The molecule has 2 heterocycles. The van der Waals surface area contributed by atoms with Crippen molar-refractivity contribution in [3.8, 4) is 0 Å². The van der Waals surface area contributed by atoms with E-state index in [1.54, 1.807) is 36.6 Å². The molecule has 2 aromatic rings. The average Bonchev–Trinajstić information content (AvgIpc) is 2.96. The molecule has 2 atom stereocenters. The first-order valence-corrected chi connectivity index (χ1v) is 8.80.